The number of benzene rings is 2. The predicted molar refractivity (Wildman–Crippen MR) is 95.3 cm³/mol. The van der Waals surface area contributed by atoms with Crippen LogP contribution in [-0.4, -0.2) is 5.91 Å². The molecule has 0 saturated heterocycles. The number of carbonyl (C=O) groups is 1. The third-order valence-corrected chi connectivity index (χ3v) is 4.39. The number of amides is 1. The zero-order valence-corrected chi connectivity index (χ0v) is 14.1. The van der Waals surface area contributed by atoms with E-state index < -0.39 is 0 Å². The number of nitrogens with one attached hydrogen (secondary N) is 1. The molecule has 0 aliphatic carbocycles. The Labute approximate surface area is 147 Å². The molecule has 116 valence electrons. The molecule has 0 spiro atoms. The van der Waals surface area contributed by atoms with Crippen LogP contribution in [0.1, 0.15) is 9.67 Å². The maximum atomic E-state index is 12.2. The van der Waals surface area contributed by atoms with E-state index in [4.69, 9.17) is 27.9 Å². The molecule has 1 amide bonds. The van der Waals surface area contributed by atoms with Crippen molar-refractivity contribution in [3.8, 4) is 11.5 Å². The van der Waals surface area contributed by atoms with Crippen LogP contribution in [0.25, 0.3) is 0 Å². The van der Waals surface area contributed by atoms with Gasteiger partial charge in [-0.15, -0.1) is 11.3 Å². The van der Waals surface area contributed by atoms with Crippen LogP contribution >= 0.6 is 34.5 Å². The van der Waals surface area contributed by atoms with Gasteiger partial charge in [-0.05, 0) is 41.8 Å². The maximum absolute atomic E-state index is 12.2. The summed E-state index contributed by atoms with van der Waals surface area (Å²) >= 11 is 13.4. The lowest BCUT2D eigenvalue weighted by atomic mass is 10.2. The van der Waals surface area contributed by atoms with E-state index in [1.807, 2.05) is 23.6 Å². The van der Waals surface area contributed by atoms with Crippen molar-refractivity contribution >= 4 is 46.1 Å². The van der Waals surface area contributed by atoms with Crippen LogP contribution in [0.15, 0.2) is 60.0 Å². The highest BCUT2D eigenvalue weighted by molar-refractivity contribution is 7.12. The average molecular weight is 364 g/mol. The van der Waals surface area contributed by atoms with E-state index in [9.17, 15) is 4.79 Å². The third kappa shape index (κ3) is 3.85. The van der Waals surface area contributed by atoms with Crippen molar-refractivity contribution in [2.45, 2.75) is 0 Å². The Morgan fingerprint density at radius 3 is 2.57 bits per heavy atom. The number of hydrogen-bond donors (Lipinski definition) is 1. The molecule has 0 radical (unpaired) electrons. The Hall–Kier alpha value is -2.01. The van der Waals surface area contributed by atoms with Crippen molar-refractivity contribution < 1.29 is 9.53 Å². The molecular formula is C17H11Cl2NO2S. The fraction of sp³-hybridized carbons (Fsp3) is 0. The molecule has 0 saturated carbocycles. The standard InChI is InChI=1S/C17H11Cl2NO2S/c18-11-7-8-14(12(19)10-11)22-15-5-2-1-4-13(15)20-17(21)16-6-3-9-23-16/h1-10H,(H,20,21). The van der Waals surface area contributed by atoms with Crippen molar-refractivity contribution in [3.63, 3.8) is 0 Å². The Kier molecular flexibility index (Phi) is 4.86. The normalized spacial score (nSPS) is 10.3. The lowest BCUT2D eigenvalue weighted by Gasteiger charge is -2.12. The van der Waals surface area contributed by atoms with E-state index in [2.05, 4.69) is 5.32 Å². The van der Waals surface area contributed by atoms with Crippen LogP contribution in [0, 0.1) is 0 Å². The molecule has 0 bridgehead atoms. The van der Waals surface area contributed by atoms with Gasteiger partial charge in [-0.3, -0.25) is 4.79 Å². The molecule has 2 aromatic carbocycles. The molecule has 1 N–H and O–H groups in total. The first-order chi connectivity index (χ1) is 11.1. The number of rotatable bonds is 4. The summed E-state index contributed by atoms with van der Waals surface area (Å²) in [5.41, 5.74) is 0.567. The van der Waals surface area contributed by atoms with E-state index in [0.29, 0.717) is 32.1 Å². The highest BCUT2D eigenvalue weighted by atomic mass is 35.5. The molecule has 0 aliphatic heterocycles. The van der Waals surface area contributed by atoms with Gasteiger partial charge in [0.05, 0.1) is 15.6 Å². The van der Waals surface area contributed by atoms with Crippen LogP contribution in [-0.2, 0) is 0 Å². The fourth-order valence-electron chi connectivity index (χ4n) is 1.93. The average Bonchev–Trinajstić information content (AvgIpc) is 3.06. The second-order valence-corrected chi connectivity index (χ2v) is 6.40. The van der Waals surface area contributed by atoms with Gasteiger partial charge in [-0.2, -0.15) is 0 Å². The molecule has 6 heteroatoms. The molecule has 0 aliphatic rings. The van der Waals surface area contributed by atoms with Crippen LogP contribution in [0.5, 0.6) is 11.5 Å². The Bertz CT molecular complexity index is 834. The van der Waals surface area contributed by atoms with Crippen molar-refractivity contribution in [1.82, 2.24) is 0 Å². The number of halogens is 2. The van der Waals surface area contributed by atoms with E-state index in [1.54, 1.807) is 36.4 Å². The number of thiophene rings is 1. The molecule has 0 unspecified atom stereocenters. The van der Waals surface area contributed by atoms with Gasteiger partial charge in [-0.1, -0.05) is 41.4 Å². The molecule has 0 atom stereocenters. The first-order valence-corrected chi connectivity index (χ1v) is 8.34. The summed E-state index contributed by atoms with van der Waals surface area (Å²) in [6.07, 6.45) is 0. The van der Waals surface area contributed by atoms with Gasteiger partial charge < -0.3 is 10.1 Å². The van der Waals surface area contributed by atoms with E-state index in [-0.39, 0.29) is 5.91 Å². The van der Waals surface area contributed by atoms with Crippen LogP contribution in [0.2, 0.25) is 10.0 Å². The summed E-state index contributed by atoms with van der Waals surface area (Å²) < 4.78 is 5.81. The maximum Gasteiger partial charge on any atom is 0.265 e. The first-order valence-electron chi connectivity index (χ1n) is 6.70. The summed E-state index contributed by atoms with van der Waals surface area (Å²) in [4.78, 5) is 12.8. The minimum atomic E-state index is -0.182. The van der Waals surface area contributed by atoms with Crippen molar-refractivity contribution in [2.24, 2.45) is 0 Å². The predicted octanol–water partition coefficient (Wildman–Crippen LogP) is 6.10. The van der Waals surface area contributed by atoms with Gasteiger partial charge in [0.2, 0.25) is 0 Å². The Morgan fingerprint density at radius 2 is 1.83 bits per heavy atom. The molecule has 23 heavy (non-hydrogen) atoms. The lowest BCUT2D eigenvalue weighted by molar-refractivity contribution is 0.103. The largest absolute Gasteiger partial charge is 0.454 e. The van der Waals surface area contributed by atoms with Crippen molar-refractivity contribution in [3.05, 3.63) is 74.9 Å². The van der Waals surface area contributed by atoms with Gasteiger partial charge in [0, 0.05) is 5.02 Å². The molecule has 1 aromatic heterocycles. The summed E-state index contributed by atoms with van der Waals surface area (Å²) in [6.45, 7) is 0. The molecular weight excluding hydrogens is 353 g/mol. The second kappa shape index (κ2) is 7.04. The highest BCUT2D eigenvalue weighted by Gasteiger charge is 2.12. The zero-order valence-electron chi connectivity index (χ0n) is 11.8. The van der Waals surface area contributed by atoms with Gasteiger partial charge in [0.15, 0.2) is 5.75 Å². The minimum Gasteiger partial charge on any atom is -0.454 e. The number of carbonyl (C=O) groups excluding carboxylic acids is 1. The summed E-state index contributed by atoms with van der Waals surface area (Å²) in [6, 6.07) is 15.7. The Morgan fingerprint density at radius 1 is 1.00 bits per heavy atom. The van der Waals surface area contributed by atoms with Gasteiger partial charge in [0.25, 0.3) is 5.91 Å². The summed E-state index contributed by atoms with van der Waals surface area (Å²) in [5, 5.41) is 5.62. The van der Waals surface area contributed by atoms with Crippen LogP contribution in [0.3, 0.4) is 0 Å². The van der Waals surface area contributed by atoms with Gasteiger partial charge in [-0.25, -0.2) is 0 Å². The molecule has 1 heterocycles. The number of para-hydroxylation sites is 2. The molecule has 3 nitrogen and oxygen atoms in total. The minimum absolute atomic E-state index is 0.182. The topological polar surface area (TPSA) is 38.3 Å². The highest BCUT2D eigenvalue weighted by Crippen LogP contribution is 2.35. The van der Waals surface area contributed by atoms with Gasteiger partial charge in [0.1, 0.15) is 5.75 Å². The second-order valence-electron chi connectivity index (χ2n) is 4.60. The Balaban J connectivity index is 1.84. The first kappa shape index (κ1) is 15.9. The smallest absolute Gasteiger partial charge is 0.265 e. The zero-order chi connectivity index (χ0) is 16.2. The van der Waals surface area contributed by atoms with Gasteiger partial charge >= 0.3 is 0 Å². The molecule has 3 aromatic rings. The SMILES string of the molecule is O=C(Nc1ccccc1Oc1ccc(Cl)cc1Cl)c1cccs1. The molecule has 0 fully saturated rings. The van der Waals surface area contributed by atoms with E-state index in [0.717, 1.165) is 0 Å². The summed E-state index contributed by atoms with van der Waals surface area (Å²) in [7, 11) is 0. The third-order valence-electron chi connectivity index (χ3n) is 2.99. The summed E-state index contributed by atoms with van der Waals surface area (Å²) in [5.74, 6) is 0.786. The quantitative estimate of drug-likeness (QED) is 0.607. The van der Waals surface area contributed by atoms with E-state index >= 15 is 0 Å². The van der Waals surface area contributed by atoms with Crippen LogP contribution < -0.4 is 10.1 Å². The fourth-order valence-corrected chi connectivity index (χ4v) is 2.99. The van der Waals surface area contributed by atoms with E-state index in [1.165, 1.54) is 11.3 Å². The molecule has 3 rings (SSSR count). The van der Waals surface area contributed by atoms with Crippen molar-refractivity contribution in [2.75, 3.05) is 5.32 Å². The number of hydrogen-bond acceptors (Lipinski definition) is 3. The number of ether oxygens (including phenoxy) is 1. The van der Waals surface area contributed by atoms with Crippen LogP contribution in [0.4, 0.5) is 5.69 Å². The number of anilines is 1. The van der Waals surface area contributed by atoms with Crippen molar-refractivity contribution in [1.29, 1.82) is 0 Å². The lowest BCUT2D eigenvalue weighted by Crippen LogP contribution is -2.10. The monoisotopic (exact) mass is 363 g/mol.